The Morgan fingerprint density at radius 1 is 1.40 bits per heavy atom. The number of Topliss-reactive ketones (excluding diaryl/α,β-unsaturated/α-hetero) is 1. The Morgan fingerprint density at radius 2 is 2.13 bits per heavy atom. The molecule has 5 heteroatoms. The summed E-state index contributed by atoms with van der Waals surface area (Å²) in [5.74, 6) is 0.386. The Balaban J connectivity index is 2.68. The topological polar surface area (TPSA) is 69.4 Å². The van der Waals surface area contributed by atoms with E-state index in [2.05, 4.69) is 0 Å². The van der Waals surface area contributed by atoms with Gasteiger partial charge in [0.2, 0.25) is 0 Å². The van der Waals surface area contributed by atoms with Crippen molar-refractivity contribution >= 4 is 11.5 Å². The molecule has 0 spiro atoms. The Morgan fingerprint density at radius 3 is 2.73 bits per heavy atom. The van der Waals surface area contributed by atoms with Crippen LogP contribution in [0.4, 0.5) is 5.69 Å². The van der Waals surface area contributed by atoms with Gasteiger partial charge in [0.05, 0.1) is 12.0 Å². The third-order valence-corrected chi connectivity index (χ3v) is 2.55. The van der Waals surface area contributed by atoms with Gasteiger partial charge in [-0.25, -0.2) is 0 Å². The molecule has 0 aliphatic heterocycles. The maximum absolute atomic E-state index is 11.5. The van der Waals surface area contributed by atoms with Crippen LogP contribution >= 0.6 is 0 Å². The molecule has 0 radical (unpaired) electrons. The number of benzene rings is 1. The normalized spacial score (nSPS) is 13.8. The number of nitrogens with zero attached hydrogens (tertiary/aromatic N) is 1. The van der Waals surface area contributed by atoms with E-state index in [-0.39, 0.29) is 17.0 Å². The largest absolute Gasteiger partial charge is 0.496 e. The predicted octanol–water partition coefficient (Wildman–Crippen LogP) is 1.73. The fourth-order valence-electron chi connectivity index (χ4n) is 1.88. The summed E-state index contributed by atoms with van der Waals surface area (Å²) >= 11 is 0. The van der Waals surface area contributed by atoms with E-state index in [1.807, 2.05) is 0 Å². The molecule has 5 nitrogen and oxygen atoms in total. The van der Waals surface area contributed by atoms with Gasteiger partial charge in [0, 0.05) is 18.1 Å². The number of hydrogen-bond acceptors (Lipinski definition) is 4. The number of ketones is 1. The highest BCUT2D eigenvalue weighted by atomic mass is 16.6. The van der Waals surface area contributed by atoms with E-state index in [9.17, 15) is 14.9 Å². The summed E-state index contributed by atoms with van der Waals surface area (Å²) in [4.78, 5) is 21.7. The Labute approximate surface area is 85.8 Å². The molecule has 0 heterocycles. The maximum atomic E-state index is 11.5. The van der Waals surface area contributed by atoms with Crippen molar-refractivity contribution in [1.29, 1.82) is 0 Å². The standard InChI is InChI=1S/C10H9NO4/c1-15-9-5-3-7(11(13)14)10-6(9)2-4-8(10)12/h3,5H,2,4H2,1H3. The second kappa shape index (κ2) is 3.34. The zero-order chi connectivity index (χ0) is 11.0. The minimum atomic E-state index is -0.526. The predicted molar refractivity (Wildman–Crippen MR) is 52.3 cm³/mol. The molecule has 1 aliphatic carbocycles. The van der Waals surface area contributed by atoms with Crippen molar-refractivity contribution < 1.29 is 14.5 Å². The van der Waals surface area contributed by atoms with Crippen LogP contribution in [0.3, 0.4) is 0 Å². The van der Waals surface area contributed by atoms with Gasteiger partial charge >= 0.3 is 0 Å². The molecule has 0 bridgehead atoms. The van der Waals surface area contributed by atoms with Crippen LogP contribution in [0, 0.1) is 10.1 Å². The van der Waals surface area contributed by atoms with E-state index in [0.29, 0.717) is 24.2 Å². The Bertz CT molecular complexity index is 453. The summed E-state index contributed by atoms with van der Waals surface area (Å²) < 4.78 is 5.07. The summed E-state index contributed by atoms with van der Waals surface area (Å²) in [6.07, 6.45) is 0.857. The lowest BCUT2D eigenvalue weighted by atomic mass is 10.1. The van der Waals surface area contributed by atoms with Crippen molar-refractivity contribution in [2.45, 2.75) is 12.8 Å². The van der Waals surface area contributed by atoms with Gasteiger partial charge in [0.15, 0.2) is 5.78 Å². The van der Waals surface area contributed by atoms with Crippen molar-refractivity contribution in [3.05, 3.63) is 33.4 Å². The molecule has 78 valence electrons. The van der Waals surface area contributed by atoms with Gasteiger partial charge < -0.3 is 4.74 Å². The van der Waals surface area contributed by atoms with Crippen LogP contribution < -0.4 is 4.74 Å². The second-order valence-electron chi connectivity index (χ2n) is 3.32. The first-order valence-electron chi connectivity index (χ1n) is 4.52. The van der Waals surface area contributed by atoms with Crippen LogP contribution in [0.25, 0.3) is 0 Å². The van der Waals surface area contributed by atoms with Crippen LogP contribution in [0.15, 0.2) is 12.1 Å². The van der Waals surface area contributed by atoms with E-state index in [4.69, 9.17) is 4.74 Å². The molecule has 0 aromatic heterocycles. The molecule has 1 aromatic rings. The van der Waals surface area contributed by atoms with Gasteiger partial charge in [-0.3, -0.25) is 14.9 Å². The number of nitro groups is 1. The molecule has 0 amide bonds. The molecule has 0 unspecified atom stereocenters. The first-order valence-corrected chi connectivity index (χ1v) is 4.52. The molecular weight excluding hydrogens is 198 g/mol. The lowest BCUT2D eigenvalue weighted by Crippen LogP contribution is -2.00. The summed E-state index contributed by atoms with van der Waals surface area (Å²) in [5.41, 5.74) is 0.768. The molecule has 0 fully saturated rings. The van der Waals surface area contributed by atoms with Gasteiger partial charge in [-0.05, 0) is 12.5 Å². The van der Waals surface area contributed by atoms with Crippen LogP contribution in [-0.2, 0) is 6.42 Å². The number of fused-ring (bicyclic) bond motifs is 1. The summed E-state index contributed by atoms with van der Waals surface area (Å²) in [6.45, 7) is 0. The quantitative estimate of drug-likeness (QED) is 0.547. The number of nitro benzene ring substituents is 1. The molecule has 1 aliphatic rings. The smallest absolute Gasteiger partial charge is 0.280 e. The van der Waals surface area contributed by atoms with E-state index in [0.717, 1.165) is 0 Å². The Kier molecular flexibility index (Phi) is 2.15. The van der Waals surface area contributed by atoms with Crippen molar-refractivity contribution in [3.63, 3.8) is 0 Å². The van der Waals surface area contributed by atoms with Gasteiger partial charge in [0.1, 0.15) is 11.3 Å². The first-order chi connectivity index (χ1) is 7.15. The van der Waals surface area contributed by atoms with Gasteiger partial charge in [-0.15, -0.1) is 0 Å². The summed E-state index contributed by atoms with van der Waals surface area (Å²) in [7, 11) is 1.49. The average Bonchev–Trinajstić information content (AvgIpc) is 2.60. The van der Waals surface area contributed by atoms with Crippen molar-refractivity contribution in [1.82, 2.24) is 0 Å². The third kappa shape index (κ3) is 1.36. The van der Waals surface area contributed by atoms with E-state index in [1.54, 1.807) is 0 Å². The maximum Gasteiger partial charge on any atom is 0.280 e. The minimum Gasteiger partial charge on any atom is -0.496 e. The lowest BCUT2D eigenvalue weighted by molar-refractivity contribution is -0.385. The fourth-order valence-corrected chi connectivity index (χ4v) is 1.88. The average molecular weight is 207 g/mol. The van der Waals surface area contributed by atoms with Crippen LogP contribution in [0.5, 0.6) is 5.75 Å². The molecule has 0 saturated carbocycles. The molecule has 15 heavy (non-hydrogen) atoms. The molecule has 0 saturated heterocycles. The number of carbonyl (C=O) groups excluding carboxylic acids is 1. The molecule has 0 atom stereocenters. The van der Waals surface area contributed by atoms with Gasteiger partial charge in [-0.1, -0.05) is 0 Å². The SMILES string of the molecule is COc1ccc([N+](=O)[O-])c2c1CCC2=O. The molecule has 2 rings (SSSR count). The number of carbonyl (C=O) groups is 1. The molecular formula is C10H9NO4. The Hall–Kier alpha value is -1.91. The second-order valence-corrected chi connectivity index (χ2v) is 3.32. The van der Waals surface area contributed by atoms with Crippen LogP contribution in [-0.4, -0.2) is 17.8 Å². The van der Waals surface area contributed by atoms with Crippen molar-refractivity contribution in [2.24, 2.45) is 0 Å². The first kappa shape index (κ1) is 9.64. The zero-order valence-electron chi connectivity index (χ0n) is 8.15. The minimum absolute atomic E-state index is 0.117. The van der Waals surface area contributed by atoms with Crippen molar-refractivity contribution in [3.8, 4) is 5.75 Å². The number of rotatable bonds is 2. The molecule has 0 N–H and O–H groups in total. The highest BCUT2D eigenvalue weighted by Crippen LogP contribution is 2.36. The van der Waals surface area contributed by atoms with Crippen LogP contribution in [0.1, 0.15) is 22.3 Å². The summed E-state index contributed by atoms with van der Waals surface area (Å²) in [6, 6.07) is 2.86. The van der Waals surface area contributed by atoms with Crippen LogP contribution in [0.2, 0.25) is 0 Å². The highest BCUT2D eigenvalue weighted by molar-refractivity contribution is 6.04. The fraction of sp³-hybridized carbons (Fsp3) is 0.300. The monoisotopic (exact) mass is 207 g/mol. The zero-order valence-corrected chi connectivity index (χ0v) is 8.15. The highest BCUT2D eigenvalue weighted by Gasteiger charge is 2.31. The third-order valence-electron chi connectivity index (χ3n) is 2.55. The lowest BCUT2D eigenvalue weighted by Gasteiger charge is -2.05. The van der Waals surface area contributed by atoms with Gasteiger partial charge in [0.25, 0.3) is 5.69 Å². The van der Waals surface area contributed by atoms with E-state index < -0.39 is 4.92 Å². The van der Waals surface area contributed by atoms with Gasteiger partial charge in [-0.2, -0.15) is 0 Å². The number of hydrogen-bond donors (Lipinski definition) is 0. The van der Waals surface area contributed by atoms with E-state index in [1.165, 1.54) is 19.2 Å². The van der Waals surface area contributed by atoms with E-state index >= 15 is 0 Å². The number of ether oxygens (including phenoxy) is 1. The summed E-state index contributed by atoms with van der Waals surface area (Å²) in [5, 5.41) is 10.7. The molecule has 1 aromatic carbocycles. The number of methoxy groups -OCH3 is 1. The van der Waals surface area contributed by atoms with Crippen molar-refractivity contribution in [2.75, 3.05) is 7.11 Å².